The van der Waals surface area contributed by atoms with Gasteiger partial charge in [0.05, 0.1) is 23.6 Å². The molecule has 1 atom stereocenters. The molecule has 1 aliphatic rings. The van der Waals surface area contributed by atoms with Crippen molar-refractivity contribution in [2.75, 3.05) is 17.7 Å². The summed E-state index contributed by atoms with van der Waals surface area (Å²) in [5.41, 5.74) is 3.51. The maximum absolute atomic E-state index is 12.8. The molecule has 0 spiro atoms. The lowest BCUT2D eigenvalue weighted by Gasteiger charge is -2.18. The van der Waals surface area contributed by atoms with Crippen LogP contribution in [0.1, 0.15) is 46.6 Å². The van der Waals surface area contributed by atoms with Gasteiger partial charge in [0.2, 0.25) is 11.1 Å². The number of hydrogen-bond donors (Lipinski definition) is 1. The van der Waals surface area contributed by atoms with Gasteiger partial charge < -0.3 is 10.1 Å². The molecule has 1 aromatic carbocycles. The highest BCUT2D eigenvalue weighted by atomic mass is 32.2. The third-order valence-corrected chi connectivity index (χ3v) is 7.39. The normalized spacial score (nSPS) is 15.3. The molecular formula is C22H25N5O3S2. The number of carbonyl (C=O) groups is 2. The number of esters is 1. The third kappa shape index (κ3) is 4.86. The quantitative estimate of drug-likeness (QED) is 0.410. The molecule has 10 heteroatoms. The number of hydrogen-bond acceptors (Lipinski definition) is 8. The number of aromatic nitrogens is 4. The maximum atomic E-state index is 12.8. The molecule has 1 amide bonds. The second-order valence-corrected chi connectivity index (χ2v) is 9.87. The fourth-order valence-corrected chi connectivity index (χ4v) is 5.77. The third-order valence-electron chi connectivity index (χ3n) is 5.30. The smallest absolute Gasteiger partial charge is 0.341 e. The van der Waals surface area contributed by atoms with Gasteiger partial charge in [0, 0.05) is 4.88 Å². The number of nitrogens with one attached hydrogen (secondary N) is 1. The number of anilines is 1. The predicted octanol–water partition coefficient (Wildman–Crippen LogP) is 4.06. The Labute approximate surface area is 194 Å². The van der Waals surface area contributed by atoms with Gasteiger partial charge in [-0.2, -0.15) is 4.68 Å². The standard InChI is InChI=1S/C22H25N5O3S2/c1-4-30-21(29)19-16-10-7-14(3)11-17(16)32-20(19)23-18(28)12-31-22-24-25-26-27(22)15-8-5-13(2)6-9-15/h5-6,8-9,14H,4,7,10-12H2,1-3H3,(H,23,28). The van der Waals surface area contributed by atoms with Crippen molar-refractivity contribution in [2.45, 2.75) is 45.2 Å². The molecule has 3 aromatic rings. The first-order valence-electron chi connectivity index (χ1n) is 10.6. The monoisotopic (exact) mass is 471 g/mol. The highest BCUT2D eigenvalue weighted by molar-refractivity contribution is 7.99. The van der Waals surface area contributed by atoms with Crippen molar-refractivity contribution in [3.63, 3.8) is 0 Å². The summed E-state index contributed by atoms with van der Waals surface area (Å²) in [5, 5.41) is 15.8. The van der Waals surface area contributed by atoms with E-state index in [1.165, 1.54) is 23.1 Å². The number of aryl methyl sites for hydroxylation is 1. The Morgan fingerprint density at radius 1 is 1.31 bits per heavy atom. The van der Waals surface area contributed by atoms with Gasteiger partial charge in [-0.1, -0.05) is 36.4 Å². The van der Waals surface area contributed by atoms with Crippen molar-refractivity contribution < 1.29 is 14.3 Å². The minimum atomic E-state index is -0.370. The molecule has 0 aliphatic heterocycles. The average Bonchev–Trinajstić information content (AvgIpc) is 3.36. The molecule has 0 bridgehead atoms. The van der Waals surface area contributed by atoms with Gasteiger partial charge in [0.25, 0.3) is 0 Å². The zero-order valence-corrected chi connectivity index (χ0v) is 19.9. The summed E-state index contributed by atoms with van der Waals surface area (Å²) in [6.07, 6.45) is 2.78. The lowest BCUT2D eigenvalue weighted by molar-refractivity contribution is -0.113. The fraction of sp³-hybridized carbons (Fsp3) is 0.409. The lowest BCUT2D eigenvalue weighted by Crippen LogP contribution is -2.18. The van der Waals surface area contributed by atoms with E-state index in [2.05, 4.69) is 27.8 Å². The number of thiophene rings is 1. The van der Waals surface area contributed by atoms with Crippen molar-refractivity contribution >= 4 is 40.0 Å². The molecule has 1 N–H and O–H groups in total. The Morgan fingerprint density at radius 2 is 2.09 bits per heavy atom. The van der Waals surface area contributed by atoms with Gasteiger partial charge in [0.1, 0.15) is 5.00 Å². The summed E-state index contributed by atoms with van der Waals surface area (Å²) in [6.45, 7) is 6.30. The summed E-state index contributed by atoms with van der Waals surface area (Å²) in [4.78, 5) is 26.5. The first kappa shape index (κ1) is 22.5. The average molecular weight is 472 g/mol. The molecule has 0 fully saturated rings. The van der Waals surface area contributed by atoms with E-state index in [9.17, 15) is 9.59 Å². The number of thioether (sulfide) groups is 1. The lowest BCUT2D eigenvalue weighted by atomic mass is 9.88. The topological polar surface area (TPSA) is 99.0 Å². The van der Waals surface area contributed by atoms with Crippen LogP contribution in [0.5, 0.6) is 0 Å². The van der Waals surface area contributed by atoms with Gasteiger partial charge in [-0.15, -0.1) is 16.4 Å². The van der Waals surface area contributed by atoms with E-state index in [0.717, 1.165) is 41.0 Å². The summed E-state index contributed by atoms with van der Waals surface area (Å²) in [6, 6.07) is 7.82. The van der Waals surface area contributed by atoms with Crippen LogP contribution >= 0.6 is 23.1 Å². The molecule has 32 heavy (non-hydrogen) atoms. The van der Waals surface area contributed by atoms with E-state index in [-0.39, 0.29) is 17.6 Å². The van der Waals surface area contributed by atoms with Crippen molar-refractivity contribution in [2.24, 2.45) is 5.92 Å². The van der Waals surface area contributed by atoms with Gasteiger partial charge in [0.15, 0.2) is 0 Å². The van der Waals surface area contributed by atoms with Crippen LogP contribution < -0.4 is 5.32 Å². The van der Waals surface area contributed by atoms with Crippen LogP contribution in [0.2, 0.25) is 0 Å². The molecule has 168 valence electrons. The van der Waals surface area contributed by atoms with E-state index in [1.54, 1.807) is 11.6 Å². The summed E-state index contributed by atoms with van der Waals surface area (Å²) in [7, 11) is 0. The number of benzene rings is 1. The number of fused-ring (bicyclic) bond motifs is 1. The van der Waals surface area contributed by atoms with Crippen LogP contribution in [-0.2, 0) is 22.4 Å². The SMILES string of the molecule is CCOC(=O)c1c(NC(=O)CSc2nnnn2-c2ccc(C)cc2)sc2c1CCC(C)C2. The molecule has 1 aliphatic carbocycles. The van der Waals surface area contributed by atoms with Crippen molar-refractivity contribution in [1.29, 1.82) is 0 Å². The number of ether oxygens (including phenoxy) is 1. The highest BCUT2D eigenvalue weighted by Gasteiger charge is 2.29. The van der Waals surface area contributed by atoms with Gasteiger partial charge in [-0.05, 0) is 67.2 Å². The second-order valence-electron chi connectivity index (χ2n) is 7.82. The predicted molar refractivity (Wildman–Crippen MR) is 125 cm³/mol. The molecular weight excluding hydrogens is 446 g/mol. The summed E-state index contributed by atoms with van der Waals surface area (Å²) >= 11 is 2.73. The van der Waals surface area contributed by atoms with Gasteiger partial charge >= 0.3 is 5.97 Å². The van der Waals surface area contributed by atoms with E-state index in [0.29, 0.717) is 28.2 Å². The Balaban J connectivity index is 1.48. The van der Waals surface area contributed by atoms with Crippen LogP contribution in [0.4, 0.5) is 5.00 Å². The molecule has 0 saturated heterocycles. The minimum absolute atomic E-state index is 0.119. The first-order chi connectivity index (χ1) is 15.5. The maximum Gasteiger partial charge on any atom is 0.341 e. The zero-order chi connectivity index (χ0) is 22.7. The number of nitrogens with zero attached hydrogens (tertiary/aromatic N) is 4. The van der Waals surface area contributed by atoms with Crippen LogP contribution in [0.25, 0.3) is 5.69 Å². The Kier molecular flexibility index (Phi) is 6.90. The fourth-order valence-electron chi connectivity index (χ4n) is 3.67. The molecule has 8 nitrogen and oxygen atoms in total. The van der Waals surface area contributed by atoms with E-state index in [1.807, 2.05) is 31.2 Å². The van der Waals surface area contributed by atoms with E-state index in [4.69, 9.17) is 4.74 Å². The van der Waals surface area contributed by atoms with Crippen LogP contribution in [-0.4, -0.2) is 44.4 Å². The minimum Gasteiger partial charge on any atom is -0.462 e. The molecule has 2 heterocycles. The highest BCUT2D eigenvalue weighted by Crippen LogP contribution is 2.40. The van der Waals surface area contributed by atoms with Crippen LogP contribution in [0, 0.1) is 12.8 Å². The van der Waals surface area contributed by atoms with E-state index >= 15 is 0 Å². The zero-order valence-electron chi connectivity index (χ0n) is 18.3. The van der Waals surface area contributed by atoms with Crippen molar-refractivity contribution in [1.82, 2.24) is 20.2 Å². The Bertz CT molecular complexity index is 1120. The number of carbonyl (C=O) groups excluding carboxylic acids is 2. The molecule has 0 saturated carbocycles. The molecule has 0 radical (unpaired) electrons. The first-order valence-corrected chi connectivity index (χ1v) is 12.4. The molecule has 2 aromatic heterocycles. The van der Waals surface area contributed by atoms with Gasteiger partial charge in [-0.25, -0.2) is 4.79 Å². The number of amides is 1. The Hall–Kier alpha value is -2.72. The van der Waals surface area contributed by atoms with Gasteiger partial charge in [-0.3, -0.25) is 4.79 Å². The summed E-state index contributed by atoms with van der Waals surface area (Å²) < 4.78 is 6.88. The largest absolute Gasteiger partial charge is 0.462 e. The molecule has 4 rings (SSSR count). The number of tetrazole rings is 1. The molecule has 1 unspecified atom stereocenters. The second kappa shape index (κ2) is 9.83. The van der Waals surface area contributed by atoms with E-state index < -0.39 is 0 Å². The van der Waals surface area contributed by atoms with Crippen molar-refractivity contribution in [3.8, 4) is 5.69 Å². The summed E-state index contributed by atoms with van der Waals surface area (Å²) in [5.74, 6) is 0.0976. The van der Waals surface area contributed by atoms with Crippen LogP contribution in [0.15, 0.2) is 29.4 Å². The van der Waals surface area contributed by atoms with Crippen molar-refractivity contribution in [3.05, 3.63) is 45.8 Å². The number of rotatable bonds is 7. The van der Waals surface area contributed by atoms with Crippen LogP contribution in [0.3, 0.4) is 0 Å². The Morgan fingerprint density at radius 3 is 2.84 bits per heavy atom.